The van der Waals surface area contributed by atoms with Crippen molar-refractivity contribution in [2.75, 3.05) is 0 Å². The molecule has 0 amide bonds. The molecule has 19 heavy (non-hydrogen) atoms. The van der Waals surface area contributed by atoms with Crippen molar-refractivity contribution in [3.05, 3.63) is 17.0 Å². The van der Waals surface area contributed by atoms with E-state index in [-0.39, 0.29) is 6.04 Å². The lowest BCUT2D eigenvalue weighted by Crippen LogP contribution is -2.26. The van der Waals surface area contributed by atoms with Crippen LogP contribution in [0.4, 0.5) is 0 Å². The monoisotopic (exact) mass is 300 g/mol. The Kier molecular flexibility index (Phi) is 3.68. The van der Waals surface area contributed by atoms with E-state index in [0.717, 1.165) is 24.9 Å². The number of thiophene rings is 1. The van der Waals surface area contributed by atoms with Gasteiger partial charge in [-0.2, -0.15) is 0 Å². The van der Waals surface area contributed by atoms with Gasteiger partial charge in [0.2, 0.25) is 10.0 Å². The molecular formula is C13H20N2O2S2. The zero-order valence-electron chi connectivity index (χ0n) is 11.1. The average Bonchev–Trinajstić information content (AvgIpc) is 3.27. The first-order valence-electron chi connectivity index (χ1n) is 6.91. The van der Waals surface area contributed by atoms with Gasteiger partial charge in [-0.3, -0.25) is 0 Å². The molecule has 0 spiro atoms. The third kappa shape index (κ3) is 3.37. The molecule has 2 aliphatic carbocycles. The molecule has 2 fully saturated rings. The first-order chi connectivity index (χ1) is 9.08. The Morgan fingerprint density at radius 3 is 2.84 bits per heavy atom. The van der Waals surface area contributed by atoms with Crippen molar-refractivity contribution in [1.29, 1.82) is 0 Å². The van der Waals surface area contributed by atoms with E-state index in [9.17, 15) is 8.42 Å². The largest absolute Gasteiger partial charge is 0.310 e. The molecule has 106 valence electrons. The molecule has 1 aromatic heterocycles. The summed E-state index contributed by atoms with van der Waals surface area (Å²) in [5, 5.41) is 5.34. The molecule has 0 aliphatic heterocycles. The summed E-state index contributed by atoms with van der Waals surface area (Å²) in [5.41, 5.74) is 1.07. The molecule has 0 radical (unpaired) electrons. The van der Waals surface area contributed by atoms with Crippen molar-refractivity contribution >= 4 is 21.4 Å². The molecule has 0 saturated heterocycles. The predicted octanol–water partition coefficient (Wildman–Crippen LogP) is 2.08. The Hall–Kier alpha value is -0.430. The Morgan fingerprint density at radius 2 is 2.21 bits per heavy atom. The molecule has 0 bridgehead atoms. The second-order valence-electron chi connectivity index (χ2n) is 5.56. The molecular weight excluding hydrogens is 280 g/mol. The minimum atomic E-state index is -3.30. The zero-order chi connectivity index (χ0) is 13.5. The van der Waals surface area contributed by atoms with Crippen LogP contribution in [0, 0.1) is 5.92 Å². The molecule has 1 heterocycles. The smallest absolute Gasteiger partial charge is 0.250 e. The summed E-state index contributed by atoms with van der Waals surface area (Å²) in [4.78, 5) is 0. The van der Waals surface area contributed by atoms with Crippen molar-refractivity contribution in [3.8, 4) is 0 Å². The number of hydrogen-bond donors (Lipinski definition) is 2. The lowest BCUT2D eigenvalue weighted by Gasteiger charge is -2.03. The van der Waals surface area contributed by atoms with Gasteiger partial charge in [0.05, 0.1) is 0 Å². The van der Waals surface area contributed by atoms with Gasteiger partial charge in [0, 0.05) is 18.6 Å². The Labute approximate surface area is 118 Å². The molecule has 3 rings (SSSR count). The third-order valence-corrected chi connectivity index (χ3v) is 6.80. The van der Waals surface area contributed by atoms with Gasteiger partial charge < -0.3 is 5.32 Å². The molecule has 2 N–H and O–H groups in total. The maximum atomic E-state index is 12.2. The van der Waals surface area contributed by atoms with E-state index >= 15 is 0 Å². The van der Waals surface area contributed by atoms with E-state index in [1.165, 1.54) is 24.2 Å². The van der Waals surface area contributed by atoms with Crippen molar-refractivity contribution in [2.24, 2.45) is 5.92 Å². The van der Waals surface area contributed by atoms with Crippen LogP contribution in [-0.2, 0) is 16.6 Å². The minimum absolute atomic E-state index is 0.158. The highest BCUT2D eigenvalue weighted by Gasteiger charge is 2.38. The van der Waals surface area contributed by atoms with Gasteiger partial charge in [-0.05, 0) is 42.2 Å². The molecule has 1 aromatic rings. The first kappa shape index (κ1) is 13.5. The molecule has 2 aliphatic rings. The highest BCUT2D eigenvalue weighted by molar-refractivity contribution is 7.91. The standard InChI is InChI=1S/C13H20N2O2S2/c1-2-10-6-12(10)15-19(16,17)13-5-9(8-18-13)7-14-11-3-4-11/h5,8,10-12,14-15H,2-4,6-7H2,1H3. The van der Waals surface area contributed by atoms with E-state index in [0.29, 0.717) is 16.2 Å². The van der Waals surface area contributed by atoms with Crippen molar-refractivity contribution in [3.63, 3.8) is 0 Å². The summed E-state index contributed by atoms with van der Waals surface area (Å²) in [6, 6.07) is 2.60. The second kappa shape index (κ2) is 5.16. The SMILES string of the molecule is CCC1CC1NS(=O)(=O)c1cc(CNC2CC2)cs1. The number of hydrogen-bond acceptors (Lipinski definition) is 4. The first-order valence-corrected chi connectivity index (χ1v) is 9.28. The summed E-state index contributed by atoms with van der Waals surface area (Å²) >= 11 is 1.32. The summed E-state index contributed by atoms with van der Waals surface area (Å²) < 4.78 is 27.6. The highest BCUT2D eigenvalue weighted by Crippen LogP contribution is 2.35. The van der Waals surface area contributed by atoms with Gasteiger partial charge in [0.15, 0.2) is 0 Å². The molecule has 2 atom stereocenters. The zero-order valence-corrected chi connectivity index (χ0v) is 12.7. The van der Waals surface area contributed by atoms with Crippen molar-refractivity contribution in [1.82, 2.24) is 10.0 Å². The van der Waals surface area contributed by atoms with Crippen LogP contribution in [0.1, 0.15) is 38.2 Å². The topological polar surface area (TPSA) is 58.2 Å². The molecule has 0 aromatic carbocycles. The average molecular weight is 300 g/mol. The van der Waals surface area contributed by atoms with Crippen LogP contribution >= 0.6 is 11.3 Å². The van der Waals surface area contributed by atoms with Crippen LogP contribution in [0.3, 0.4) is 0 Å². The van der Waals surface area contributed by atoms with Gasteiger partial charge >= 0.3 is 0 Å². The van der Waals surface area contributed by atoms with Crippen LogP contribution in [-0.4, -0.2) is 20.5 Å². The van der Waals surface area contributed by atoms with Gasteiger partial charge in [-0.15, -0.1) is 11.3 Å². The normalized spacial score (nSPS) is 26.6. The Balaban J connectivity index is 1.60. The van der Waals surface area contributed by atoms with E-state index < -0.39 is 10.0 Å². The fourth-order valence-corrected chi connectivity index (χ4v) is 4.78. The maximum absolute atomic E-state index is 12.2. The Bertz CT molecular complexity index is 549. The van der Waals surface area contributed by atoms with E-state index in [1.54, 1.807) is 6.07 Å². The summed E-state index contributed by atoms with van der Waals surface area (Å²) in [7, 11) is -3.30. The van der Waals surface area contributed by atoms with Crippen molar-refractivity contribution in [2.45, 2.75) is 55.4 Å². The predicted molar refractivity (Wildman–Crippen MR) is 76.7 cm³/mol. The fourth-order valence-electron chi connectivity index (χ4n) is 2.24. The van der Waals surface area contributed by atoms with E-state index in [1.807, 2.05) is 5.38 Å². The van der Waals surface area contributed by atoms with E-state index in [4.69, 9.17) is 0 Å². The lowest BCUT2D eigenvalue weighted by molar-refractivity contribution is 0.578. The number of nitrogens with one attached hydrogen (secondary N) is 2. The van der Waals surface area contributed by atoms with Crippen LogP contribution < -0.4 is 10.0 Å². The third-order valence-electron chi connectivity index (χ3n) is 3.82. The van der Waals surface area contributed by atoms with Crippen LogP contribution in [0.25, 0.3) is 0 Å². The number of sulfonamides is 1. The molecule has 2 saturated carbocycles. The molecule has 4 nitrogen and oxygen atoms in total. The summed E-state index contributed by atoms with van der Waals surface area (Å²) in [6.45, 7) is 2.88. The Morgan fingerprint density at radius 1 is 1.42 bits per heavy atom. The highest BCUT2D eigenvalue weighted by atomic mass is 32.2. The van der Waals surface area contributed by atoms with Crippen LogP contribution in [0.2, 0.25) is 0 Å². The summed E-state index contributed by atoms with van der Waals surface area (Å²) in [6.07, 6.45) is 4.53. The molecule has 6 heteroatoms. The van der Waals surface area contributed by atoms with Gasteiger partial charge in [0.25, 0.3) is 0 Å². The quantitative estimate of drug-likeness (QED) is 0.810. The fraction of sp³-hybridized carbons (Fsp3) is 0.692. The van der Waals surface area contributed by atoms with Gasteiger partial charge in [-0.25, -0.2) is 13.1 Å². The minimum Gasteiger partial charge on any atom is -0.310 e. The molecule has 2 unspecified atom stereocenters. The van der Waals surface area contributed by atoms with Gasteiger partial charge in [0.1, 0.15) is 4.21 Å². The van der Waals surface area contributed by atoms with Gasteiger partial charge in [-0.1, -0.05) is 13.3 Å². The second-order valence-corrected chi connectivity index (χ2v) is 8.41. The lowest BCUT2D eigenvalue weighted by atomic mass is 10.3. The summed E-state index contributed by atoms with van der Waals surface area (Å²) in [5.74, 6) is 0.533. The van der Waals surface area contributed by atoms with Crippen LogP contribution in [0.5, 0.6) is 0 Å². The van der Waals surface area contributed by atoms with Crippen LogP contribution in [0.15, 0.2) is 15.7 Å². The number of rotatable bonds is 7. The van der Waals surface area contributed by atoms with E-state index in [2.05, 4.69) is 17.0 Å². The van der Waals surface area contributed by atoms with Crippen molar-refractivity contribution < 1.29 is 8.42 Å². The maximum Gasteiger partial charge on any atom is 0.250 e.